The number of aromatic nitrogens is 4. The van der Waals surface area contributed by atoms with Gasteiger partial charge in [-0.25, -0.2) is 4.79 Å². The first-order valence-electron chi connectivity index (χ1n) is 10.1. The first-order valence-corrected chi connectivity index (χ1v) is 10.1. The number of aromatic amines is 1. The standard InChI is InChI=1S/C21H29N5O4/c1-5-6-9-22-20-23-18-17(19(28)24-21(29)25(18)4)26(20)11-15(27)12-30-16-8-7-13(2)14(3)10-16/h7-8,10,15,27H,5-6,9,11-12H2,1-4H3,(H,22,23)(H,24,28,29). The van der Waals surface area contributed by atoms with E-state index >= 15 is 0 Å². The van der Waals surface area contributed by atoms with E-state index in [1.165, 1.54) is 10.1 Å². The average molecular weight is 415 g/mol. The highest BCUT2D eigenvalue weighted by Gasteiger charge is 2.19. The van der Waals surface area contributed by atoms with E-state index in [-0.39, 0.29) is 24.3 Å². The first kappa shape index (κ1) is 21.6. The minimum absolute atomic E-state index is 0.0558. The van der Waals surface area contributed by atoms with Gasteiger partial charge in [-0.3, -0.25) is 14.3 Å². The van der Waals surface area contributed by atoms with E-state index in [1.807, 2.05) is 32.0 Å². The summed E-state index contributed by atoms with van der Waals surface area (Å²) in [5.74, 6) is 1.12. The number of benzene rings is 1. The Morgan fingerprint density at radius 1 is 1.27 bits per heavy atom. The number of anilines is 1. The van der Waals surface area contributed by atoms with E-state index in [4.69, 9.17) is 4.74 Å². The molecule has 0 aliphatic carbocycles. The van der Waals surface area contributed by atoms with Crippen LogP contribution in [0.5, 0.6) is 5.75 Å². The van der Waals surface area contributed by atoms with Crippen molar-refractivity contribution in [2.24, 2.45) is 7.05 Å². The Hall–Kier alpha value is -3.07. The third kappa shape index (κ3) is 4.56. The van der Waals surface area contributed by atoms with Gasteiger partial charge in [0.05, 0.1) is 6.54 Å². The monoisotopic (exact) mass is 415 g/mol. The van der Waals surface area contributed by atoms with Gasteiger partial charge < -0.3 is 19.7 Å². The number of H-pyrrole nitrogens is 1. The summed E-state index contributed by atoms with van der Waals surface area (Å²) >= 11 is 0. The number of nitrogens with one attached hydrogen (secondary N) is 2. The summed E-state index contributed by atoms with van der Waals surface area (Å²) < 4.78 is 8.63. The molecule has 9 nitrogen and oxygen atoms in total. The Morgan fingerprint density at radius 3 is 2.73 bits per heavy atom. The Balaban J connectivity index is 1.86. The molecule has 0 radical (unpaired) electrons. The molecule has 3 rings (SSSR count). The Labute approximate surface area is 174 Å². The second-order valence-electron chi connectivity index (χ2n) is 7.53. The van der Waals surface area contributed by atoms with Crippen molar-refractivity contribution < 1.29 is 9.84 Å². The van der Waals surface area contributed by atoms with Gasteiger partial charge in [0.1, 0.15) is 18.5 Å². The number of rotatable bonds is 9. The molecule has 2 heterocycles. The predicted octanol–water partition coefficient (Wildman–Crippen LogP) is 1.69. The van der Waals surface area contributed by atoms with Crippen LogP contribution in [0.3, 0.4) is 0 Å². The number of hydrogen-bond acceptors (Lipinski definition) is 6. The van der Waals surface area contributed by atoms with Gasteiger partial charge in [0.2, 0.25) is 5.95 Å². The van der Waals surface area contributed by atoms with Crippen molar-refractivity contribution in [2.75, 3.05) is 18.5 Å². The summed E-state index contributed by atoms with van der Waals surface area (Å²) in [5, 5.41) is 13.8. The van der Waals surface area contributed by atoms with E-state index in [2.05, 4.69) is 22.2 Å². The summed E-state index contributed by atoms with van der Waals surface area (Å²) in [6.45, 7) is 6.92. The molecule has 0 amide bonds. The van der Waals surface area contributed by atoms with Crippen LogP contribution in [0, 0.1) is 13.8 Å². The molecule has 1 aromatic carbocycles. The van der Waals surface area contributed by atoms with Gasteiger partial charge >= 0.3 is 5.69 Å². The van der Waals surface area contributed by atoms with E-state index in [9.17, 15) is 14.7 Å². The maximum atomic E-state index is 12.5. The molecule has 0 saturated heterocycles. The lowest BCUT2D eigenvalue weighted by Gasteiger charge is -2.16. The Bertz CT molecular complexity index is 1140. The quantitative estimate of drug-likeness (QED) is 0.458. The van der Waals surface area contributed by atoms with Crippen LogP contribution in [0.15, 0.2) is 27.8 Å². The van der Waals surface area contributed by atoms with Gasteiger partial charge in [0.25, 0.3) is 5.56 Å². The smallest absolute Gasteiger partial charge is 0.329 e. The van der Waals surface area contributed by atoms with Crippen molar-refractivity contribution >= 4 is 17.1 Å². The summed E-state index contributed by atoms with van der Waals surface area (Å²) in [4.78, 5) is 31.1. The SMILES string of the molecule is CCCCNc1nc2c(c(=O)[nH]c(=O)n2C)n1CC(O)COc1ccc(C)c(C)c1. The molecule has 1 atom stereocenters. The van der Waals surface area contributed by atoms with Gasteiger partial charge in [-0.1, -0.05) is 19.4 Å². The van der Waals surface area contributed by atoms with E-state index in [1.54, 1.807) is 11.6 Å². The molecular weight excluding hydrogens is 386 g/mol. The molecule has 3 N–H and O–H groups in total. The molecule has 0 fully saturated rings. The van der Waals surface area contributed by atoms with Crippen molar-refractivity contribution in [3.05, 3.63) is 50.2 Å². The molecule has 0 aliphatic heterocycles. The van der Waals surface area contributed by atoms with Crippen molar-refractivity contribution in [1.82, 2.24) is 19.1 Å². The normalized spacial score (nSPS) is 12.3. The van der Waals surface area contributed by atoms with Gasteiger partial charge in [0.15, 0.2) is 11.2 Å². The summed E-state index contributed by atoms with van der Waals surface area (Å²) in [6.07, 6.45) is 1.04. The molecule has 0 aliphatic rings. The number of fused-ring (bicyclic) bond motifs is 1. The minimum Gasteiger partial charge on any atom is -0.491 e. The summed E-state index contributed by atoms with van der Waals surface area (Å²) in [6, 6.07) is 5.75. The van der Waals surface area contributed by atoms with Crippen molar-refractivity contribution in [3.63, 3.8) is 0 Å². The molecule has 0 bridgehead atoms. The summed E-state index contributed by atoms with van der Waals surface area (Å²) in [5.41, 5.74) is 1.71. The maximum absolute atomic E-state index is 12.5. The fourth-order valence-corrected chi connectivity index (χ4v) is 3.18. The lowest BCUT2D eigenvalue weighted by Crippen LogP contribution is -2.31. The third-order valence-electron chi connectivity index (χ3n) is 5.13. The molecular formula is C21H29N5O4. The van der Waals surface area contributed by atoms with Crippen molar-refractivity contribution in [1.29, 1.82) is 0 Å². The molecule has 30 heavy (non-hydrogen) atoms. The fourth-order valence-electron chi connectivity index (χ4n) is 3.18. The fraction of sp³-hybridized carbons (Fsp3) is 0.476. The largest absolute Gasteiger partial charge is 0.491 e. The van der Waals surface area contributed by atoms with Gasteiger partial charge in [-0.15, -0.1) is 0 Å². The number of hydrogen-bond donors (Lipinski definition) is 3. The average Bonchev–Trinajstić information content (AvgIpc) is 3.06. The van der Waals surface area contributed by atoms with Crippen LogP contribution >= 0.6 is 0 Å². The highest BCUT2D eigenvalue weighted by Crippen LogP contribution is 2.18. The van der Waals surface area contributed by atoms with Crippen molar-refractivity contribution in [2.45, 2.75) is 46.3 Å². The molecule has 3 aromatic rings. The Kier molecular flexibility index (Phi) is 6.61. The topological polar surface area (TPSA) is 114 Å². The van der Waals surface area contributed by atoms with Crippen LogP contribution in [0.4, 0.5) is 5.95 Å². The molecule has 162 valence electrons. The lowest BCUT2D eigenvalue weighted by atomic mass is 10.1. The minimum atomic E-state index is -0.882. The number of unbranched alkanes of at least 4 members (excludes halogenated alkanes) is 1. The molecule has 2 aromatic heterocycles. The van der Waals surface area contributed by atoms with Gasteiger partial charge in [-0.2, -0.15) is 4.98 Å². The number of imidazole rings is 1. The van der Waals surface area contributed by atoms with Crippen LogP contribution in [0.1, 0.15) is 30.9 Å². The van der Waals surface area contributed by atoms with E-state index in [0.29, 0.717) is 18.2 Å². The Morgan fingerprint density at radius 2 is 2.03 bits per heavy atom. The third-order valence-corrected chi connectivity index (χ3v) is 5.13. The van der Waals surface area contributed by atoms with Gasteiger partial charge in [0, 0.05) is 13.6 Å². The second-order valence-corrected chi connectivity index (χ2v) is 7.53. The highest BCUT2D eigenvalue weighted by atomic mass is 16.5. The molecule has 0 saturated carbocycles. The number of nitrogens with zero attached hydrogens (tertiary/aromatic N) is 3. The maximum Gasteiger partial charge on any atom is 0.329 e. The van der Waals surface area contributed by atoms with Crippen LogP contribution < -0.4 is 21.3 Å². The van der Waals surface area contributed by atoms with Gasteiger partial charge in [-0.05, 0) is 43.5 Å². The van der Waals surface area contributed by atoms with Crippen LogP contribution in [-0.2, 0) is 13.6 Å². The number of ether oxygens (including phenoxy) is 1. The number of aliphatic hydroxyl groups is 1. The number of aliphatic hydroxyl groups excluding tert-OH is 1. The first-order chi connectivity index (χ1) is 14.3. The van der Waals surface area contributed by atoms with Crippen LogP contribution in [-0.4, -0.2) is 43.5 Å². The van der Waals surface area contributed by atoms with Crippen LogP contribution in [0.25, 0.3) is 11.2 Å². The van der Waals surface area contributed by atoms with E-state index in [0.717, 1.165) is 18.4 Å². The zero-order valence-electron chi connectivity index (χ0n) is 17.9. The van der Waals surface area contributed by atoms with Crippen molar-refractivity contribution in [3.8, 4) is 5.75 Å². The second kappa shape index (κ2) is 9.17. The lowest BCUT2D eigenvalue weighted by molar-refractivity contribution is 0.0938. The molecule has 9 heteroatoms. The molecule has 1 unspecified atom stereocenters. The zero-order valence-corrected chi connectivity index (χ0v) is 17.9. The number of aryl methyl sites for hydroxylation is 3. The predicted molar refractivity (Wildman–Crippen MR) is 116 cm³/mol. The summed E-state index contributed by atoms with van der Waals surface area (Å²) in [7, 11) is 1.55. The molecule has 0 spiro atoms. The highest BCUT2D eigenvalue weighted by molar-refractivity contribution is 5.74. The zero-order chi connectivity index (χ0) is 21.8. The van der Waals surface area contributed by atoms with E-state index < -0.39 is 17.4 Å². The van der Waals surface area contributed by atoms with Crippen LogP contribution in [0.2, 0.25) is 0 Å².